The Bertz CT molecular complexity index is 1210. The van der Waals surface area contributed by atoms with E-state index in [1.54, 1.807) is 35.2 Å². The third-order valence-electron chi connectivity index (χ3n) is 6.19. The molecule has 1 N–H and O–H groups in total. The molecule has 1 aliphatic heterocycles. The molecular weight excluding hydrogens is 438 g/mol. The predicted octanol–water partition coefficient (Wildman–Crippen LogP) is 5.37. The van der Waals surface area contributed by atoms with Gasteiger partial charge in [0.25, 0.3) is 5.91 Å². The number of furan rings is 1. The fraction of sp³-hybridized carbons (Fsp3) is 0.231. The second-order valence-electron chi connectivity index (χ2n) is 8.27. The number of rotatable bonds is 5. The van der Waals surface area contributed by atoms with Gasteiger partial charge in [0.1, 0.15) is 5.69 Å². The van der Waals surface area contributed by atoms with Crippen molar-refractivity contribution < 1.29 is 14.3 Å². The van der Waals surface area contributed by atoms with Crippen LogP contribution in [-0.2, 0) is 0 Å². The van der Waals surface area contributed by atoms with E-state index >= 15 is 0 Å². The first kappa shape index (κ1) is 21.5. The number of amides is 1. The summed E-state index contributed by atoms with van der Waals surface area (Å²) in [6.45, 7) is 1.16. The minimum absolute atomic E-state index is 0.122. The molecule has 1 amide bonds. The first-order chi connectivity index (χ1) is 16.1. The Morgan fingerprint density at radius 1 is 1.03 bits per heavy atom. The molecule has 168 valence electrons. The lowest BCUT2D eigenvalue weighted by atomic mass is 9.87. The van der Waals surface area contributed by atoms with Gasteiger partial charge in [-0.25, -0.2) is 4.68 Å². The van der Waals surface area contributed by atoms with Crippen molar-refractivity contribution in [1.29, 1.82) is 0 Å². The van der Waals surface area contributed by atoms with E-state index in [2.05, 4.69) is 5.10 Å². The molecule has 1 atom stereocenters. The maximum Gasteiger partial charge on any atom is 0.274 e. The van der Waals surface area contributed by atoms with Gasteiger partial charge in [-0.1, -0.05) is 41.9 Å². The number of aliphatic hydroxyl groups excluding tert-OH is 1. The molecule has 2 aromatic heterocycles. The molecule has 1 fully saturated rings. The Hall–Kier alpha value is -3.35. The molecule has 6 nitrogen and oxygen atoms in total. The van der Waals surface area contributed by atoms with Crippen molar-refractivity contribution in [2.75, 3.05) is 13.1 Å². The number of hydrogen-bond acceptors (Lipinski definition) is 4. The van der Waals surface area contributed by atoms with Crippen LogP contribution in [0.5, 0.6) is 0 Å². The van der Waals surface area contributed by atoms with Crippen LogP contribution >= 0.6 is 11.6 Å². The van der Waals surface area contributed by atoms with Crippen molar-refractivity contribution in [3.05, 3.63) is 95.3 Å². The molecule has 0 radical (unpaired) electrons. The quantitative estimate of drug-likeness (QED) is 0.433. The standard InChI is InChI=1S/C26H24ClN3O3/c27-20-8-10-21(11-9-20)30-23(24-7-4-16-33-24)17-22(28-30)26(32)29-14-12-19(13-15-29)25(31)18-5-2-1-3-6-18/h1-11,16-17,19,25,31H,12-15H2. The van der Waals surface area contributed by atoms with Crippen LogP contribution in [0.1, 0.15) is 35.0 Å². The van der Waals surface area contributed by atoms with Crippen LogP contribution in [0.25, 0.3) is 17.1 Å². The third kappa shape index (κ3) is 4.45. The average Bonchev–Trinajstić information content (AvgIpc) is 3.55. The van der Waals surface area contributed by atoms with Crippen molar-refractivity contribution in [2.45, 2.75) is 18.9 Å². The van der Waals surface area contributed by atoms with E-state index in [1.165, 1.54) is 0 Å². The second kappa shape index (κ2) is 9.25. The lowest BCUT2D eigenvalue weighted by Gasteiger charge is -2.34. The fourth-order valence-electron chi connectivity index (χ4n) is 4.37. The summed E-state index contributed by atoms with van der Waals surface area (Å²) in [5.41, 5.74) is 2.76. The van der Waals surface area contributed by atoms with Gasteiger partial charge in [0.05, 0.1) is 18.1 Å². The summed E-state index contributed by atoms with van der Waals surface area (Å²) in [4.78, 5) is 15.1. The smallest absolute Gasteiger partial charge is 0.274 e. The van der Waals surface area contributed by atoms with Gasteiger partial charge >= 0.3 is 0 Å². The number of hydrogen-bond donors (Lipinski definition) is 1. The molecule has 7 heteroatoms. The van der Waals surface area contributed by atoms with Crippen molar-refractivity contribution >= 4 is 17.5 Å². The minimum atomic E-state index is -0.516. The molecule has 33 heavy (non-hydrogen) atoms. The Labute approximate surface area is 197 Å². The van der Waals surface area contributed by atoms with Crippen LogP contribution in [0.3, 0.4) is 0 Å². The second-order valence-corrected chi connectivity index (χ2v) is 8.70. The number of aliphatic hydroxyl groups is 1. The number of likely N-dealkylation sites (tertiary alicyclic amines) is 1. The molecule has 5 rings (SSSR count). The highest BCUT2D eigenvalue weighted by atomic mass is 35.5. The SMILES string of the molecule is O=C(c1cc(-c2ccco2)n(-c2ccc(Cl)cc2)n1)N1CCC(C(O)c2ccccc2)CC1. The molecule has 1 unspecified atom stereocenters. The number of halogens is 1. The van der Waals surface area contributed by atoms with E-state index in [4.69, 9.17) is 16.0 Å². The van der Waals surface area contributed by atoms with Crippen LogP contribution in [0.2, 0.25) is 5.02 Å². The molecule has 4 aromatic rings. The molecule has 2 aromatic carbocycles. The van der Waals surface area contributed by atoms with Crippen molar-refractivity contribution in [1.82, 2.24) is 14.7 Å². The van der Waals surface area contributed by atoms with Gasteiger partial charge in [0.2, 0.25) is 0 Å². The molecule has 3 heterocycles. The van der Waals surface area contributed by atoms with Gasteiger partial charge < -0.3 is 14.4 Å². The first-order valence-corrected chi connectivity index (χ1v) is 11.4. The third-order valence-corrected chi connectivity index (χ3v) is 6.44. The summed E-state index contributed by atoms with van der Waals surface area (Å²) in [7, 11) is 0. The monoisotopic (exact) mass is 461 g/mol. The molecule has 1 aliphatic rings. The van der Waals surface area contributed by atoms with Crippen LogP contribution in [0.4, 0.5) is 0 Å². The summed E-state index contributed by atoms with van der Waals surface area (Å²) in [5.74, 6) is 0.631. The van der Waals surface area contributed by atoms with E-state index < -0.39 is 6.10 Å². The highest BCUT2D eigenvalue weighted by molar-refractivity contribution is 6.30. The number of carbonyl (C=O) groups excluding carboxylic acids is 1. The Morgan fingerprint density at radius 2 is 1.76 bits per heavy atom. The summed E-state index contributed by atoms with van der Waals surface area (Å²) in [6.07, 6.45) is 2.56. The Balaban J connectivity index is 1.35. The zero-order valence-corrected chi connectivity index (χ0v) is 18.7. The van der Waals surface area contributed by atoms with Gasteiger partial charge in [-0.05, 0) is 60.7 Å². The van der Waals surface area contributed by atoms with E-state index in [1.807, 2.05) is 53.4 Å². The Kier molecular flexibility index (Phi) is 6.03. The van der Waals surface area contributed by atoms with Crippen LogP contribution in [-0.4, -0.2) is 38.8 Å². The maximum atomic E-state index is 13.3. The largest absolute Gasteiger partial charge is 0.463 e. The van der Waals surface area contributed by atoms with E-state index in [0.717, 1.165) is 24.1 Å². The van der Waals surface area contributed by atoms with E-state index in [9.17, 15) is 9.90 Å². The zero-order chi connectivity index (χ0) is 22.8. The number of piperidine rings is 1. The van der Waals surface area contributed by atoms with Gasteiger partial charge in [0.15, 0.2) is 11.5 Å². The van der Waals surface area contributed by atoms with Crippen LogP contribution < -0.4 is 0 Å². The lowest BCUT2D eigenvalue weighted by molar-refractivity contribution is 0.0458. The summed E-state index contributed by atoms with van der Waals surface area (Å²) in [6, 6.07) is 22.4. The van der Waals surface area contributed by atoms with Crippen molar-refractivity contribution in [2.24, 2.45) is 5.92 Å². The molecular formula is C26H24ClN3O3. The molecule has 0 saturated carbocycles. The van der Waals surface area contributed by atoms with Gasteiger partial charge in [0, 0.05) is 24.2 Å². The zero-order valence-electron chi connectivity index (χ0n) is 18.0. The molecule has 0 aliphatic carbocycles. The normalized spacial score (nSPS) is 15.5. The van der Waals surface area contributed by atoms with Gasteiger partial charge in [-0.2, -0.15) is 5.10 Å². The van der Waals surface area contributed by atoms with Gasteiger partial charge in [-0.3, -0.25) is 4.79 Å². The van der Waals surface area contributed by atoms with E-state index in [0.29, 0.717) is 35.3 Å². The number of nitrogens with zero attached hydrogens (tertiary/aromatic N) is 3. The maximum absolute atomic E-state index is 13.3. The minimum Gasteiger partial charge on any atom is -0.463 e. The number of carbonyl (C=O) groups is 1. The van der Waals surface area contributed by atoms with Gasteiger partial charge in [-0.15, -0.1) is 0 Å². The first-order valence-electron chi connectivity index (χ1n) is 11.0. The number of benzene rings is 2. The molecule has 0 bridgehead atoms. The topological polar surface area (TPSA) is 71.5 Å². The number of aromatic nitrogens is 2. The highest BCUT2D eigenvalue weighted by Crippen LogP contribution is 2.32. The summed E-state index contributed by atoms with van der Waals surface area (Å²) < 4.78 is 7.29. The molecule has 1 saturated heterocycles. The lowest BCUT2D eigenvalue weighted by Crippen LogP contribution is -2.40. The summed E-state index contributed by atoms with van der Waals surface area (Å²) in [5, 5.41) is 16.0. The van der Waals surface area contributed by atoms with Crippen LogP contribution in [0, 0.1) is 5.92 Å². The van der Waals surface area contributed by atoms with Crippen molar-refractivity contribution in [3.63, 3.8) is 0 Å². The molecule has 0 spiro atoms. The highest BCUT2D eigenvalue weighted by Gasteiger charge is 2.30. The van der Waals surface area contributed by atoms with E-state index in [-0.39, 0.29) is 11.8 Å². The summed E-state index contributed by atoms with van der Waals surface area (Å²) >= 11 is 6.04. The fourth-order valence-corrected chi connectivity index (χ4v) is 4.49. The predicted molar refractivity (Wildman–Crippen MR) is 126 cm³/mol. The van der Waals surface area contributed by atoms with Crippen LogP contribution in [0.15, 0.2) is 83.5 Å². The Morgan fingerprint density at radius 3 is 2.42 bits per heavy atom. The van der Waals surface area contributed by atoms with Crippen molar-refractivity contribution in [3.8, 4) is 17.1 Å². The average molecular weight is 462 g/mol.